The van der Waals surface area contributed by atoms with Crippen molar-refractivity contribution in [3.63, 3.8) is 0 Å². The lowest BCUT2D eigenvalue weighted by molar-refractivity contribution is -0.118. The zero-order valence-electron chi connectivity index (χ0n) is 11.4. The minimum Gasteiger partial charge on any atom is -0.369 e. The molecule has 7 heteroatoms. The minimum absolute atomic E-state index is 0.0945. The van der Waals surface area contributed by atoms with Crippen LogP contribution >= 0.6 is 0 Å². The van der Waals surface area contributed by atoms with E-state index in [2.05, 4.69) is 11.8 Å². The SMILES string of the molecule is Cc1cc(S(=O)(=O)N(C)CC(N)=O)ccc1C#CCN. The second-order valence-electron chi connectivity index (χ2n) is 4.21. The molecule has 0 aliphatic rings. The number of sulfonamides is 1. The van der Waals surface area contributed by atoms with Gasteiger partial charge in [0.05, 0.1) is 18.0 Å². The van der Waals surface area contributed by atoms with Gasteiger partial charge in [0.25, 0.3) is 0 Å². The average Bonchev–Trinajstić information content (AvgIpc) is 2.36. The number of benzene rings is 1. The van der Waals surface area contributed by atoms with E-state index in [4.69, 9.17) is 11.5 Å². The Bertz CT molecular complexity index is 672. The monoisotopic (exact) mass is 295 g/mol. The number of aryl methyl sites for hydroxylation is 1. The molecule has 4 N–H and O–H groups in total. The van der Waals surface area contributed by atoms with Crippen molar-refractivity contribution >= 4 is 15.9 Å². The maximum atomic E-state index is 12.2. The highest BCUT2D eigenvalue weighted by atomic mass is 32.2. The van der Waals surface area contributed by atoms with E-state index >= 15 is 0 Å². The first-order valence-electron chi connectivity index (χ1n) is 5.83. The van der Waals surface area contributed by atoms with Crippen LogP contribution < -0.4 is 11.5 Å². The van der Waals surface area contributed by atoms with Crippen LogP contribution in [0.25, 0.3) is 0 Å². The zero-order valence-corrected chi connectivity index (χ0v) is 12.2. The lowest BCUT2D eigenvalue weighted by Gasteiger charge is -2.15. The third-order valence-corrected chi connectivity index (χ3v) is 4.41. The van der Waals surface area contributed by atoms with E-state index in [9.17, 15) is 13.2 Å². The van der Waals surface area contributed by atoms with Gasteiger partial charge >= 0.3 is 0 Å². The van der Waals surface area contributed by atoms with Crippen LogP contribution in [0.15, 0.2) is 23.1 Å². The molecule has 1 amide bonds. The molecule has 0 radical (unpaired) electrons. The summed E-state index contributed by atoms with van der Waals surface area (Å²) >= 11 is 0. The fraction of sp³-hybridized carbons (Fsp3) is 0.308. The van der Waals surface area contributed by atoms with Crippen molar-refractivity contribution in [2.24, 2.45) is 11.5 Å². The van der Waals surface area contributed by atoms with E-state index < -0.39 is 15.9 Å². The maximum Gasteiger partial charge on any atom is 0.243 e. The van der Waals surface area contributed by atoms with Gasteiger partial charge in [-0.25, -0.2) is 8.42 Å². The first-order chi connectivity index (χ1) is 9.28. The lowest BCUT2D eigenvalue weighted by Crippen LogP contribution is -2.35. The number of primary amides is 1. The van der Waals surface area contributed by atoms with Gasteiger partial charge in [0, 0.05) is 12.6 Å². The molecule has 0 aromatic heterocycles. The highest BCUT2D eigenvalue weighted by Crippen LogP contribution is 2.18. The molecule has 0 saturated carbocycles. The molecule has 0 saturated heterocycles. The van der Waals surface area contributed by atoms with Crippen molar-refractivity contribution < 1.29 is 13.2 Å². The van der Waals surface area contributed by atoms with Crippen LogP contribution in [-0.2, 0) is 14.8 Å². The molecule has 6 nitrogen and oxygen atoms in total. The van der Waals surface area contributed by atoms with Crippen molar-refractivity contribution in [3.8, 4) is 11.8 Å². The van der Waals surface area contributed by atoms with Gasteiger partial charge in [0.1, 0.15) is 0 Å². The molecule has 0 atom stereocenters. The Balaban J connectivity index is 3.15. The van der Waals surface area contributed by atoms with Crippen molar-refractivity contribution in [1.29, 1.82) is 0 Å². The van der Waals surface area contributed by atoms with Crippen molar-refractivity contribution in [3.05, 3.63) is 29.3 Å². The number of likely N-dealkylation sites (N-methyl/N-ethyl adjacent to an activating group) is 1. The number of nitrogens with zero attached hydrogens (tertiary/aromatic N) is 1. The van der Waals surface area contributed by atoms with Gasteiger partial charge in [0.2, 0.25) is 15.9 Å². The Morgan fingerprint density at radius 1 is 1.40 bits per heavy atom. The predicted molar refractivity (Wildman–Crippen MR) is 76.1 cm³/mol. The third-order valence-electron chi connectivity index (χ3n) is 2.61. The minimum atomic E-state index is -3.73. The van der Waals surface area contributed by atoms with Crippen LogP contribution in [0.2, 0.25) is 0 Å². The molecule has 0 aliphatic heterocycles. The van der Waals surface area contributed by atoms with Gasteiger partial charge in [-0.05, 0) is 30.7 Å². The largest absolute Gasteiger partial charge is 0.369 e. The van der Waals surface area contributed by atoms with E-state index in [-0.39, 0.29) is 18.0 Å². The summed E-state index contributed by atoms with van der Waals surface area (Å²) in [6, 6.07) is 4.57. The lowest BCUT2D eigenvalue weighted by atomic mass is 10.1. The van der Waals surface area contributed by atoms with Crippen LogP contribution in [0.4, 0.5) is 0 Å². The van der Waals surface area contributed by atoms with Crippen molar-refractivity contribution in [1.82, 2.24) is 4.31 Å². The van der Waals surface area contributed by atoms with Crippen molar-refractivity contribution in [2.75, 3.05) is 20.1 Å². The quantitative estimate of drug-likeness (QED) is 0.724. The smallest absolute Gasteiger partial charge is 0.243 e. The highest BCUT2D eigenvalue weighted by Gasteiger charge is 2.22. The Morgan fingerprint density at radius 2 is 2.05 bits per heavy atom. The number of carbonyl (C=O) groups is 1. The summed E-state index contributed by atoms with van der Waals surface area (Å²) in [5.74, 6) is 4.85. The fourth-order valence-corrected chi connectivity index (χ4v) is 2.79. The zero-order chi connectivity index (χ0) is 15.3. The maximum absolute atomic E-state index is 12.2. The standard InChI is InChI=1S/C13H17N3O3S/c1-10-8-12(6-5-11(10)4-3-7-14)20(18,19)16(2)9-13(15)17/h5-6,8H,7,9,14H2,1-2H3,(H2,15,17). The number of hydrogen-bond donors (Lipinski definition) is 2. The first-order valence-corrected chi connectivity index (χ1v) is 7.27. The number of carbonyl (C=O) groups excluding carboxylic acids is 1. The van der Waals surface area contributed by atoms with Crippen LogP contribution in [0.3, 0.4) is 0 Å². The summed E-state index contributed by atoms with van der Waals surface area (Å²) in [6.45, 7) is 1.63. The Labute approximate surface area is 118 Å². The second-order valence-corrected chi connectivity index (χ2v) is 6.25. The Morgan fingerprint density at radius 3 is 2.55 bits per heavy atom. The molecule has 0 unspecified atom stereocenters. The molecule has 1 rings (SSSR count). The topological polar surface area (TPSA) is 106 Å². The van der Waals surface area contributed by atoms with Crippen LogP contribution in [0.5, 0.6) is 0 Å². The molecule has 108 valence electrons. The Hall–Kier alpha value is -1.88. The molecule has 0 heterocycles. The van der Waals surface area contributed by atoms with E-state index in [0.717, 1.165) is 9.87 Å². The van der Waals surface area contributed by atoms with Crippen LogP contribution in [0, 0.1) is 18.8 Å². The van der Waals surface area contributed by atoms with E-state index in [1.54, 1.807) is 13.0 Å². The van der Waals surface area contributed by atoms with Crippen LogP contribution in [0.1, 0.15) is 11.1 Å². The van der Waals surface area contributed by atoms with Gasteiger partial charge < -0.3 is 11.5 Å². The van der Waals surface area contributed by atoms with Gasteiger partial charge in [0.15, 0.2) is 0 Å². The molecule has 0 aliphatic carbocycles. The van der Waals surface area contributed by atoms with Gasteiger partial charge in [-0.2, -0.15) is 4.31 Å². The first kappa shape index (κ1) is 16.2. The molecule has 1 aromatic carbocycles. The molecular formula is C13H17N3O3S. The summed E-state index contributed by atoms with van der Waals surface area (Å²) < 4.78 is 25.3. The Kier molecular flexibility index (Phi) is 5.27. The molecule has 0 fully saturated rings. The number of hydrogen-bond acceptors (Lipinski definition) is 4. The van der Waals surface area contributed by atoms with Crippen molar-refractivity contribution in [2.45, 2.75) is 11.8 Å². The fourth-order valence-electron chi connectivity index (χ4n) is 1.57. The number of nitrogens with two attached hydrogens (primary N) is 2. The summed E-state index contributed by atoms with van der Waals surface area (Å²) in [4.78, 5) is 10.9. The van der Waals surface area contributed by atoms with E-state index in [1.165, 1.54) is 19.2 Å². The average molecular weight is 295 g/mol. The summed E-state index contributed by atoms with van der Waals surface area (Å²) in [5, 5.41) is 0. The normalized spacial score (nSPS) is 11.0. The third kappa shape index (κ3) is 3.81. The predicted octanol–water partition coefficient (Wildman–Crippen LogP) is -0.589. The summed E-state index contributed by atoms with van der Waals surface area (Å²) in [7, 11) is -2.43. The number of rotatable bonds is 4. The molecule has 20 heavy (non-hydrogen) atoms. The van der Waals surface area contributed by atoms with E-state index in [0.29, 0.717) is 5.56 Å². The van der Waals surface area contributed by atoms with Gasteiger partial charge in [-0.3, -0.25) is 4.79 Å². The molecule has 0 bridgehead atoms. The summed E-state index contributed by atoms with van der Waals surface area (Å²) in [5.41, 5.74) is 11.7. The number of amides is 1. The highest BCUT2D eigenvalue weighted by molar-refractivity contribution is 7.89. The van der Waals surface area contributed by atoms with E-state index in [1.807, 2.05) is 0 Å². The van der Waals surface area contributed by atoms with Gasteiger partial charge in [-0.15, -0.1) is 0 Å². The second kappa shape index (κ2) is 6.52. The summed E-state index contributed by atoms with van der Waals surface area (Å²) in [6.07, 6.45) is 0. The molecule has 0 spiro atoms. The van der Waals surface area contributed by atoms with Gasteiger partial charge in [-0.1, -0.05) is 11.8 Å². The molecule has 1 aromatic rings. The molecular weight excluding hydrogens is 278 g/mol. The van der Waals surface area contributed by atoms with Crippen LogP contribution in [-0.4, -0.2) is 38.8 Å².